The molecule has 0 amide bonds. The Morgan fingerprint density at radius 2 is 1.91 bits per heavy atom. The molecule has 1 aliphatic heterocycles. The zero-order chi connectivity index (χ0) is 23.0. The van der Waals surface area contributed by atoms with E-state index in [0.29, 0.717) is 40.6 Å². The monoisotopic (exact) mass is 492 g/mol. The van der Waals surface area contributed by atoms with Crippen molar-refractivity contribution < 1.29 is 32.3 Å². The van der Waals surface area contributed by atoms with E-state index in [9.17, 15) is 13.2 Å². The van der Waals surface area contributed by atoms with Crippen molar-refractivity contribution in [2.24, 2.45) is 5.92 Å². The van der Waals surface area contributed by atoms with Gasteiger partial charge in [-0.05, 0) is 43.7 Å². The summed E-state index contributed by atoms with van der Waals surface area (Å²) >= 11 is 12.8. The largest absolute Gasteiger partial charge is 0.490 e. The number of fused-ring (bicyclic) bond motifs is 2. The van der Waals surface area contributed by atoms with E-state index in [1.165, 1.54) is 6.42 Å². The third-order valence-corrected chi connectivity index (χ3v) is 6.58. The molecule has 5 rings (SSSR count). The molecule has 1 aromatic carbocycles. The number of carboxylic acids is 1. The summed E-state index contributed by atoms with van der Waals surface area (Å²) in [6, 6.07) is 6.13. The number of carboxylic acid groups (broad SMARTS) is 1. The standard InChI is InChI=1S/C19H20Cl2N2O2.C2HF3O2/c20-14-2-1-3-15(21)17(14)18-13(19(25-23-18)10-4-5-10)9-24-16-7-12-6-11(16)8-22-12;3-2(4,5)1(6)7/h1-3,10-12,16,22H,4-9H2;(H,6,7)/t11-,12-,16-;/m1./s1. The number of alkyl halides is 3. The van der Waals surface area contributed by atoms with Gasteiger partial charge < -0.3 is 19.7 Å². The molecule has 6 nitrogen and oxygen atoms in total. The topological polar surface area (TPSA) is 84.6 Å². The van der Waals surface area contributed by atoms with Crippen LogP contribution in [-0.2, 0) is 16.1 Å². The first-order valence-electron chi connectivity index (χ1n) is 10.2. The number of piperidine rings is 1. The molecule has 0 unspecified atom stereocenters. The van der Waals surface area contributed by atoms with Crippen LogP contribution in [0.25, 0.3) is 11.3 Å². The molecule has 0 spiro atoms. The van der Waals surface area contributed by atoms with E-state index in [1.807, 2.05) is 18.2 Å². The minimum atomic E-state index is -5.08. The fraction of sp³-hybridized carbons (Fsp3) is 0.524. The zero-order valence-corrected chi connectivity index (χ0v) is 18.3. The van der Waals surface area contributed by atoms with Gasteiger partial charge in [0.05, 0.1) is 22.8 Å². The summed E-state index contributed by atoms with van der Waals surface area (Å²) in [5.41, 5.74) is 2.50. The molecule has 2 saturated carbocycles. The molecule has 1 saturated heterocycles. The Morgan fingerprint density at radius 3 is 2.41 bits per heavy atom. The zero-order valence-electron chi connectivity index (χ0n) is 16.8. The molecule has 2 aromatic rings. The summed E-state index contributed by atoms with van der Waals surface area (Å²) in [6.45, 7) is 1.58. The highest BCUT2D eigenvalue weighted by Crippen LogP contribution is 2.46. The lowest BCUT2D eigenvalue weighted by molar-refractivity contribution is -0.192. The number of ether oxygens (including phenoxy) is 1. The third kappa shape index (κ3) is 5.06. The van der Waals surface area contributed by atoms with Crippen molar-refractivity contribution in [1.29, 1.82) is 0 Å². The van der Waals surface area contributed by atoms with Crippen LogP contribution in [0.15, 0.2) is 22.7 Å². The van der Waals surface area contributed by atoms with Crippen LogP contribution < -0.4 is 5.32 Å². The molecule has 0 radical (unpaired) electrons. The number of nitrogens with zero attached hydrogens (tertiary/aromatic N) is 1. The number of nitrogens with one attached hydrogen (secondary N) is 1. The predicted molar refractivity (Wildman–Crippen MR) is 111 cm³/mol. The van der Waals surface area contributed by atoms with E-state index in [2.05, 4.69) is 10.5 Å². The van der Waals surface area contributed by atoms with Gasteiger partial charge in [0.2, 0.25) is 0 Å². The fourth-order valence-electron chi connectivity index (χ4n) is 4.23. The molecule has 174 valence electrons. The van der Waals surface area contributed by atoms with Crippen LogP contribution in [0.5, 0.6) is 0 Å². The second-order valence-electron chi connectivity index (χ2n) is 8.23. The van der Waals surface area contributed by atoms with Crippen molar-refractivity contribution in [2.75, 3.05) is 6.54 Å². The van der Waals surface area contributed by atoms with Gasteiger partial charge in [-0.3, -0.25) is 0 Å². The number of rotatable bonds is 5. The molecular weight excluding hydrogens is 472 g/mol. The Balaban J connectivity index is 0.000000307. The van der Waals surface area contributed by atoms with Crippen molar-refractivity contribution in [3.8, 4) is 11.3 Å². The molecule has 2 heterocycles. The first-order valence-corrected chi connectivity index (χ1v) is 11.0. The van der Waals surface area contributed by atoms with Crippen LogP contribution in [0.3, 0.4) is 0 Å². The van der Waals surface area contributed by atoms with Gasteiger partial charge in [0, 0.05) is 29.6 Å². The molecule has 3 fully saturated rings. The van der Waals surface area contributed by atoms with E-state index < -0.39 is 12.1 Å². The molecule has 2 aliphatic carbocycles. The van der Waals surface area contributed by atoms with Gasteiger partial charge in [0.25, 0.3) is 0 Å². The second-order valence-corrected chi connectivity index (χ2v) is 9.05. The maximum absolute atomic E-state index is 10.6. The smallest absolute Gasteiger partial charge is 0.475 e. The molecule has 3 aliphatic rings. The first kappa shape index (κ1) is 23.4. The van der Waals surface area contributed by atoms with Crippen molar-refractivity contribution >= 4 is 29.2 Å². The fourth-order valence-corrected chi connectivity index (χ4v) is 4.80. The van der Waals surface area contributed by atoms with Crippen LogP contribution in [-0.4, -0.2) is 41.1 Å². The van der Waals surface area contributed by atoms with E-state index >= 15 is 0 Å². The minimum absolute atomic E-state index is 0.322. The van der Waals surface area contributed by atoms with Gasteiger partial charge in [0.15, 0.2) is 0 Å². The summed E-state index contributed by atoms with van der Waals surface area (Å²) in [7, 11) is 0. The van der Waals surface area contributed by atoms with Gasteiger partial charge in [-0.1, -0.05) is 34.4 Å². The maximum atomic E-state index is 10.6. The predicted octanol–water partition coefficient (Wildman–Crippen LogP) is 5.43. The lowest BCUT2D eigenvalue weighted by Gasteiger charge is -2.23. The molecule has 2 N–H and O–H groups in total. The molecule has 32 heavy (non-hydrogen) atoms. The van der Waals surface area contributed by atoms with Gasteiger partial charge in [-0.2, -0.15) is 13.2 Å². The highest BCUT2D eigenvalue weighted by molar-refractivity contribution is 6.39. The number of hydrogen-bond donors (Lipinski definition) is 2. The van der Waals surface area contributed by atoms with E-state index in [0.717, 1.165) is 48.4 Å². The van der Waals surface area contributed by atoms with Crippen LogP contribution in [0.4, 0.5) is 13.2 Å². The van der Waals surface area contributed by atoms with E-state index in [1.54, 1.807) is 0 Å². The molecular formula is C21H21Cl2F3N2O4. The van der Waals surface area contributed by atoms with Crippen LogP contribution in [0, 0.1) is 5.92 Å². The second kappa shape index (κ2) is 9.21. The Morgan fingerprint density at radius 1 is 1.25 bits per heavy atom. The van der Waals surface area contributed by atoms with Crippen LogP contribution >= 0.6 is 23.2 Å². The molecule has 1 aromatic heterocycles. The quantitative estimate of drug-likeness (QED) is 0.579. The first-order chi connectivity index (χ1) is 15.1. The number of aliphatic carboxylic acids is 1. The highest BCUT2D eigenvalue weighted by Gasteiger charge is 2.41. The Kier molecular flexibility index (Phi) is 6.72. The van der Waals surface area contributed by atoms with E-state index in [4.69, 9.17) is 42.4 Å². The number of hydrogen-bond acceptors (Lipinski definition) is 5. The SMILES string of the molecule is Clc1cccc(Cl)c1-c1noc(C2CC2)c1CO[C@@H]1C[C@H]2C[C@@H]1CN2.O=C(O)C(F)(F)F. The Hall–Kier alpha value is -1.81. The van der Waals surface area contributed by atoms with Crippen molar-refractivity contribution in [3.63, 3.8) is 0 Å². The highest BCUT2D eigenvalue weighted by atomic mass is 35.5. The summed E-state index contributed by atoms with van der Waals surface area (Å²) in [6.07, 6.45) is -0.141. The van der Waals surface area contributed by atoms with Gasteiger partial charge in [-0.25, -0.2) is 4.79 Å². The van der Waals surface area contributed by atoms with E-state index in [-0.39, 0.29) is 0 Å². The lowest BCUT2D eigenvalue weighted by atomic mass is 10.0. The van der Waals surface area contributed by atoms with Gasteiger partial charge in [0.1, 0.15) is 11.5 Å². The van der Waals surface area contributed by atoms with Crippen LogP contribution in [0.1, 0.15) is 42.9 Å². The summed E-state index contributed by atoms with van der Waals surface area (Å²) in [5, 5.41) is 16.2. The van der Waals surface area contributed by atoms with Crippen molar-refractivity contribution in [3.05, 3.63) is 39.6 Å². The maximum Gasteiger partial charge on any atom is 0.490 e. The van der Waals surface area contributed by atoms with Crippen molar-refractivity contribution in [2.45, 2.75) is 56.5 Å². The summed E-state index contributed by atoms with van der Waals surface area (Å²) in [5.74, 6) is -0.718. The Labute approximate surface area is 192 Å². The number of carbonyl (C=O) groups is 1. The third-order valence-electron chi connectivity index (χ3n) is 5.95. The molecule has 11 heteroatoms. The lowest BCUT2D eigenvalue weighted by Crippen LogP contribution is -2.34. The van der Waals surface area contributed by atoms with Gasteiger partial charge >= 0.3 is 12.1 Å². The minimum Gasteiger partial charge on any atom is -0.475 e. The molecule has 2 bridgehead atoms. The normalized spacial score (nSPS) is 24.3. The number of benzene rings is 1. The van der Waals surface area contributed by atoms with Crippen LogP contribution in [0.2, 0.25) is 10.0 Å². The average molecular weight is 493 g/mol. The summed E-state index contributed by atoms with van der Waals surface area (Å²) < 4.78 is 43.8. The Bertz CT molecular complexity index is 974. The average Bonchev–Trinajstić information content (AvgIpc) is 3.15. The number of aromatic nitrogens is 1. The summed E-state index contributed by atoms with van der Waals surface area (Å²) in [4.78, 5) is 8.90. The van der Waals surface area contributed by atoms with Crippen molar-refractivity contribution in [1.82, 2.24) is 10.5 Å². The van der Waals surface area contributed by atoms with Gasteiger partial charge in [-0.15, -0.1) is 0 Å². The molecule has 3 atom stereocenters. The number of halogens is 5.